The summed E-state index contributed by atoms with van der Waals surface area (Å²) in [6.45, 7) is 3.99. The molecule has 0 bridgehead atoms. The zero-order valence-corrected chi connectivity index (χ0v) is 25.7. The molecule has 0 amide bonds. The standard InChI is InChI=1S/C18H19N5O2.C16H15N5/c1-13-10-17(23-22-13)20-16-11-18(25-12-24-2)21-15(19-16)9-8-14-6-4-3-5-7-14;1-12-11-16(21-20-12)19-15-9-10-17-14(18-15)8-7-13-5-3-2-4-6-13/h3-11H,12H2,1-2H3,(H2,19,20,21,22,23);2-11H,1H3,(H2,17,18,19,20,21)/b9-8+;8-7+. The Balaban J connectivity index is 0.000000184. The van der Waals surface area contributed by atoms with Crippen LogP contribution in [0.15, 0.2) is 91.1 Å². The van der Waals surface area contributed by atoms with Crippen LogP contribution in [0.5, 0.6) is 5.88 Å². The Labute approximate surface area is 266 Å². The molecule has 12 nitrogen and oxygen atoms in total. The molecule has 12 heteroatoms. The molecule has 0 saturated carbocycles. The van der Waals surface area contributed by atoms with E-state index in [1.807, 2.05) is 117 Å². The van der Waals surface area contributed by atoms with E-state index >= 15 is 0 Å². The predicted molar refractivity (Wildman–Crippen MR) is 181 cm³/mol. The van der Waals surface area contributed by atoms with Gasteiger partial charge >= 0.3 is 0 Å². The number of hydrogen-bond donors (Lipinski definition) is 4. The molecule has 0 aliphatic rings. The van der Waals surface area contributed by atoms with Gasteiger partial charge in [0.25, 0.3) is 0 Å². The lowest BCUT2D eigenvalue weighted by atomic mass is 10.2. The number of nitrogens with zero attached hydrogens (tertiary/aromatic N) is 6. The number of nitrogens with one attached hydrogen (secondary N) is 4. The van der Waals surface area contributed by atoms with Crippen LogP contribution in [0.4, 0.5) is 23.3 Å². The summed E-state index contributed by atoms with van der Waals surface area (Å²) in [5.41, 5.74) is 4.13. The van der Waals surface area contributed by atoms with Gasteiger partial charge in [-0.05, 0) is 43.2 Å². The van der Waals surface area contributed by atoms with E-state index in [9.17, 15) is 0 Å². The van der Waals surface area contributed by atoms with Gasteiger partial charge in [-0.25, -0.2) is 15.0 Å². The van der Waals surface area contributed by atoms with Crippen LogP contribution in [0, 0.1) is 13.8 Å². The largest absolute Gasteiger partial charge is 0.450 e. The molecular formula is C34H34N10O2. The summed E-state index contributed by atoms with van der Waals surface area (Å²) in [7, 11) is 1.56. The molecule has 0 aliphatic heterocycles. The van der Waals surface area contributed by atoms with E-state index in [2.05, 4.69) is 51.0 Å². The van der Waals surface area contributed by atoms with Crippen molar-refractivity contribution in [1.29, 1.82) is 0 Å². The first kappa shape index (κ1) is 31.3. The molecule has 46 heavy (non-hydrogen) atoms. The molecule has 0 spiro atoms. The van der Waals surface area contributed by atoms with Crippen LogP contribution >= 0.6 is 0 Å². The molecule has 0 saturated heterocycles. The number of methoxy groups -OCH3 is 1. The fourth-order valence-corrected chi connectivity index (χ4v) is 3.99. The van der Waals surface area contributed by atoms with Gasteiger partial charge in [-0.2, -0.15) is 15.2 Å². The Morgan fingerprint density at radius 3 is 1.76 bits per heavy atom. The van der Waals surface area contributed by atoms with Gasteiger partial charge in [0.05, 0.1) is 0 Å². The highest BCUT2D eigenvalue weighted by Gasteiger charge is 2.07. The zero-order chi connectivity index (χ0) is 32.0. The Morgan fingerprint density at radius 1 is 0.630 bits per heavy atom. The van der Waals surface area contributed by atoms with Crippen LogP contribution in [0.25, 0.3) is 24.3 Å². The van der Waals surface area contributed by atoms with Crippen LogP contribution < -0.4 is 15.4 Å². The fraction of sp³-hybridized carbons (Fsp3) is 0.118. The number of aromatic nitrogens is 8. The summed E-state index contributed by atoms with van der Waals surface area (Å²) in [5.74, 6) is 4.29. The van der Waals surface area contributed by atoms with Crippen molar-refractivity contribution in [2.45, 2.75) is 13.8 Å². The average Bonchev–Trinajstić information content (AvgIpc) is 3.69. The third kappa shape index (κ3) is 9.96. The van der Waals surface area contributed by atoms with Crippen molar-refractivity contribution in [2.24, 2.45) is 0 Å². The summed E-state index contributed by atoms with van der Waals surface area (Å²) < 4.78 is 10.4. The van der Waals surface area contributed by atoms with Crippen molar-refractivity contribution in [3.05, 3.63) is 125 Å². The first-order valence-corrected chi connectivity index (χ1v) is 14.4. The fourth-order valence-electron chi connectivity index (χ4n) is 3.99. The minimum Gasteiger partial charge on any atom is -0.450 e. The number of ether oxygens (including phenoxy) is 2. The second-order valence-electron chi connectivity index (χ2n) is 9.91. The molecule has 0 unspecified atom stereocenters. The summed E-state index contributed by atoms with van der Waals surface area (Å²) in [6, 6.07) is 27.3. The number of hydrogen-bond acceptors (Lipinski definition) is 10. The molecule has 232 valence electrons. The SMILES string of the molecule is COCOc1cc(Nc2cc(C)[nH]n2)nc(/C=C/c2ccccc2)n1.Cc1cc(Nc2ccnc(/C=C/c3ccccc3)n2)n[nH]1. The van der Waals surface area contributed by atoms with Crippen molar-refractivity contribution < 1.29 is 9.47 Å². The van der Waals surface area contributed by atoms with E-state index in [1.54, 1.807) is 19.4 Å². The average molecular weight is 615 g/mol. The first-order valence-electron chi connectivity index (χ1n) is 14.4. The number of H-pyrrole nitrogens is 2. The number of aryl methyl sites for hydroxylation is 2. The van der Waals surface area contributed by atoms with E-state index in [0.717, 1.165) is 28.3 Å². The van der Waals surface area contributed by atoms with E-state index < -0.39 is 0 Å². The molecule has 6 aromatic rings. The van der Waals surface area contributed by atoms with E-state index in [-0.39, 0.29) is 6.79 Å². The lowest BCUT2D eigenvalue weighted by Gasteiger charge is -2.08. The van der Waals surface area contributed by atoms with Gasteiger partial charge in [0.15, 0.2) is 30.1 Å². The topological polar surface area (TPSA) is 151 Å². The van der Waals surface area contributed by atoms with Crippen molar-refractivity contribution >= 4 is 47.6 Å². The molecule has 2 aromatic carbocycles. The van der Waals surface area contributed by atoms with Crippen molar-refractivity contribution in [1.82, 2.24) is 40.3 Å². The van der Waals surface area contributed by atoms with Crippen molar-refractivity contribution in [3.63, 3.8) is 0 Å². The van der Waals surface area contributed by atoms with Gasteiger partial charge in [-0.15, -0.1) is 0 Å². The van der Waals surface area contributed by atoms with Crippen LogP contribution in [0.1, 0.15) is 34.2 Å². The number of benzene rings is 2. The van der Waals surface area contributed by atoms with Crippen LogP contribution in [-0.4, -0.2) is 54.2 Å². The summed E-state index contributed by atoms with van der Waals surface area (Å²) in [6.07, 6.45) is 9.36. The normalized spacial score (nSPS) is 10.9. The smallest absolute Gasteiger partial charge is 0.221 e. The lowest BCUT2D eigenvalue weighted by molar-refractivity contribution is 0.0477. The highest BCUT2D eigenvalue weighted by Crippen LogP contribution is 2.19. The number of rotatable bonds is 11. The van der Waals surface area contributed by atoms with Crippen molar-refractivity contribution in [3.8, 4) is 5.88 Å². The summed E-state index contributed by atoms with van der Waals surface area (Å²) in [5, 5.41) is 20.3. The van der Waals surface area contributed by atoms with Crippen LogP contribution in [0.2, 0.25) is 0 Å². The maximum absolute atomic E-state index is 5.46. The molecule has 4 N–H and O–H groups in total. The molecule has 0 aliphatic carbocycles. The van der Waals surface area contributed by atoms with E-state index in [0.29, 0.717) is 35.0 Å². The van der Waals surface area contributed by atoms with E-state index in [4.69, 9.17) is 9.47 Å². The second kappa shape index (κ2) is 16.1. The van der Waals surface area contributed by atoms with Gasteiger partial charge in [-0.1, -0.05) is 72.8 Å². The summed E-state index contributed by atoms with van der Waals surface area (Å²) >= 11 is 0. The van der Waals surface area contributed by atoms with Gasteiger partial charge in [0, 0.05) is 42.9 Å². The Morgan fingerprint density at radius 2 is 1.20 bits per heavy atom. The highest BCUT2D eigenvalue weighted by molar-refractivity contribution is 5.68. The summed E-state index contributed by atoms with van der Waals surface area (Å²) in [4.78, 5) is 17.5. The maximum atomic E-state index is 5.46. The third-order valence-corrected chi connectivity index (χ3v) is 6.09. The van der Waals surface area contributed by atoms with E-state index in [1.165, 1.54) is 0 Å². The van der Waals surface area contributed by atoms with Gasteiger partial charge in [0.1, 0.15) is 11.6 Å². The molecule has 6 rings (SSSR count). The van der Waals surface area contributed by atoms with Gasteiger partial charge in [0.2, 0.25) is 5.88 Å². The molecular weight excluding hydrogens is 580 g/mol. The minimum atomic E-state index is 0.111. The van der Waals surface area contributed by atoms with Crippen LogP contribution in [0.3, 0.4) is 0 Å². The quantitative estimate of drug-likeness (QED) is 0.114. The Kier molecular flexibility index (Phi) is 10.9. The minimum absolute atomic E-state index is 0.111. The maximum Gasteiger partial charge on any atom is 0.221 e. The Bertz CT molecular complexity index is 1870. The molecule has 4 aromatic heterocycles. The number of anilines is 4. The number of aromatic amines is 2. The Hall–Kier alpha value is -6.14. The second-order valence-corrected chi connectivity index (χ2v) is 9.91. The van der Waals surface area contributed by atoms with Gasteiger partial charge in [-0.3, -0.25) is 10.2 Å². The molecule has 4 heterocycles. The zero-order valence-electron chi connectivity index (χ0n) is 25.7. The third-order valence-electron chi connectivity index (χ3n) is 6.09. The molecule has 0 radical (unpaired) electrons. The van der Waals surface area contributed by atoms with Gasteiger partial charge < -0.3 is 20.1 Å². The predicted octanol–water partition coefficient (Wildman–Crippen LogP) is 6.83. The lowest BCUT2D eigenvalue weighted by Crippen LogP contribution is -2.04. The highest BCUT2D eigenvalue weighted by atomic mass is 16.7. The molecule has 0 fully saturated rings. The monoisotopic (exact) mass is 614 g/mol. The first-order chi connectivity index (χ1) is 22.5. The van der Waals surface area contributed by atoms with Crippen LogP contribution in [-0.2, 0) is 4.74 Å². The van der Waals surface area contributed by atoms with Crippen molar-refractivity contribution in [2.75, 3.05) is 24.5 Å². The molecule has 0 atom stereocenters.